The van der Waals surface area contributed by atoms with Crippen molar-refractivity contribution in [1.29, 1.82) is 0 Å². The molecule has 0 aliphatic carbocycles. The van der Waals surface area contributed by atoms with E-state index in [0.29, 0.717) is 5.88 Å². The van der Waals surface area contributed by atoms with Gasteiger partial charge in [-0.05, 0) is 17.5 Å². The summed E-state index contributed by atoms with van der Waals surface area (Å²) in [5.41, 5.74) is 0. The number of aromatic nitrogens is 1. The predicted octanol–water partition coefficient (Wildman–Crippen LogP) is 2.30. The van der Waals surface area contributed by atoms with Crippen molar-refractivity contribution < 1.29 is 4.74 Å². The van der Waals surface area contributed by atoms with Crippen LogP contribution >= 0.6 is 11.3 Å². The van der Waals surface area contributed by atoms with E-state index in [1.165, 1.54) is 5.39 Å². The standard InChI is InChI=1S/C8H7NOS/c1-10-7-3-2-6-4-5-11-8(6)9-7/h2-5H,1H3. The summed E-state index contributed by atoms with van der Waals surface area (Å²) in [6.07, 6.45) is 0. The molecular formula is C8H7NOS. The highest BCUT2D eigenvalue weighted by atomic mass is 32.1. The van der Waals surface area contributed by atoms with Gasteiger partial charge in [-0.3, -0.25) is 0 Å². The average Bonchev–Trinajstić information content (AvgIpc) is 2.50. The van der Waals surface area contributed by atoms with Crippen LogP contribution in [-0.2, 0) is 0 Å². The molecule has 2 rings (SSSR count). The molecule has 0 unspecified atom stereocenters. The third kappa shape index (κ3) is 1.07. The number of methoxy groups -OCH3 is 1. The van der Waals surface area contributed by atoms with Gasteiger partial charge in [-0.15, -0.1) is 11.3 Å². The lowest BCUT2D eigenvalue weighted by atomic mass is 10.3. The van der Waals surface area contributed by atoms with Crippen LogP contribution in [-0.4, -0.2) is 12.1 Å². The summed E-state index contributed by atoms with van der Waals surface area (Å²) in [4.78, 5) is 5.28. The number of fused-ring (bicyclic) bond motifs is 1. The molecule has 0 saturated heterocycles. The summed E-state index contributed by atoms with van der Waals surface area (Å²) in [5, 5.41) is 3.20. The van der Waals surface area contributed by atoms with Crippen molar-refractivity contribution in [1.82, 2.24) is 4.98 Å². The fourth-order valence-electron chi connectivity index (χ4n) is 0.941. The minimum Gasteiger partial charge on any atom is -0.481 e. The number of hydrogen-bond donors (Lipinski definition) is 0. The van der Waals surface area contributed by atoms with Crippen LogP contribution < -0.4 is 4.74 Å². The van der Waals surface area contributed by atoms with Crippen molar-refractivity contribution in [3.63, 3.8) is 0 Å². The number of nitrogens with zero attached hydrogens (tertiary/aromatic N) is 1. The van der Waals surface area contributed by atoms with Crippen LogP contribution in [0.5, 0.6) is 5.88 Å². The molecule has 0 saturated carbocycles. The predicted molar refractivity (Wildman–Crippen MR) is 46.2 cm³/mol. The largest absolute Gasteiger partial charge is 0.481 e. The number of hydrogen-bond acceptors (Lipinski definition) is 3. The van der Waals surface area contributed by atoms with Gasteiger partial charge in [0, 0.05) is 11.5 Å². The molecule has 0 spiro atoms. The highest BCUT2D eigenvalue weighted by Gasteiger charge is 1.96. The molecular weight excluding hydrogens is 158 g/mol. The molecule has 0 radical (unpaired) electrons. The fraction of sp³-hybridized carbons (Fsp3) is 0.125. The van der Waals surface area contributed by atoms with Gasteiger partial charge in [-0.2, -0.15) is 0 Å². The first-order valence-corrected chi connectivity index (χ1v) is 4.16. The number of rotatable bonds is 1. The quantitative estimate of drug-likeness (QED) is 0.646. The average molecular weight is 165 g/mol. The lowest BCUT2D eigenvalue weighted by Crippen LogP contribution is -1.84. The molecule has 2 heterocycles. The maximum atomic E-state index is 4.99. The third-order valence-corrected chi connectivity index (χ3v) is 2.32. The van der Waals surface area contributed by atoms with Crippen molar-refractivity contribution >= 4 is 21.6 Å². The molecule has 0 atom stereocenters. The minimum atomic E-state index is 0.681. The molecule has 56 valence electrons. The van der Waals surface area contributed by atoms with Crippen LogP contribution in [0.4, 0.5) is 0 Å². The van der Waals surface area contributed by atoms with Crippen LogP contribution in [0.3, 0.4) is 0 Å². The Balaban J connectivity index is 2.67. The van der Waals surface area contributed by atoms with E-state index in [0.717, 1.165) is 4.83 Å². The SMILES string of the molecule is COc1ccc2ccsc2n1. The van der Waals surface area contributed by atoms with Gasteiger partial charge in [-0.1, -0.05) is 0 Å². The summed E-state index contributed by atoms with van der Waals surface area (Å²) in [6, 6.07) is 5.93. The van der Waals surface area contributed by atoms with E-state index < -0.39 is 0 Å². The smallest absolute Gasteiger partial charge is 0.214 e. The van der Waals surface area contributed by atoms with Crippen molar-refractivity contribution in [3.8, 4) is 5.88 Å². The van der Waals surface area contributed by atoms with E-state index in [1.807, 2.05) is 23.6 Å². The van der Waals surface area contributed by atoms with Crippen molar-refractivity contribution in [2.75, 3.05) is 7.11 Å². The van der Waals surface area contributed by atoms with Gasteiger partial charge in [0.05, 0.1) is 7.11 Å². The normalized spacial score (nSPS) is 10.3. The van der Waals surface area contributed by atoms with Gasteiger partial charge in [0.15, 0.2) is 0 Å². The lowest BCUT2D eigenvalue weighted by Gasteiger charge is -1.95. The molecule has 3 heteroatoms. The topological polar surface area (TPSA) is 22.1 Å². The molecule has 2 aromatic heterocycles. The zero-order chi connectivity index (χ0) is 7.68. The van der Waals surface area contributed by atoms with Crippen LogP contribution in [0, 0.1) is 0 Å². The van der Waals surface area contributed by atoms with Gasteiger partial charge in [0.25, 0.3) is 0 Å². The van der Waals surface area contributed by atoms with Gasteiger partial charge in [-0.25, -0.2) is 4.98 Å². The first-order valence-electron chi connectivity index (χ1n) is 3.28. The Morgan fingerprint density at radius 1 is 1.36 bits per heavy atom. The minimum absolute atomic E-state index is 0.681. The Bertz CT molecular complexity index is 369. The highest BCUT2D eigenvalue weighted by molar-refractivity contribution is 7.16. The van der Waals surface area contributed by atoms with Gasteiger partial charge in [0.2, 0.25) is 5.88 Å². The first-order chi connectivity index (χ1) is 5.40. The number of ether oxygens (including phenoxy) is 1. The molecule has 0 N–H and O–H groups in total. The van der Waals surface area contributed by atoms with E-state index in [1.54, 1.807) is 18.4 Å². The number of pyridine rings is 1. The Hall–Kier alpha value is -1.09. The summed E-state index contributed by atoms with van der Waals surface area (Å²) < 4.78 is 4.99. The van der Waals surface area contributed by atoms with Crippen LogP contribution in [0.25, 0.3) is 10.2 Å². The lowest BCUT2D eigenvalue weighted by molar-refractivity contribution is 0.400. The van der Waals surface area contributed by atoms with E-state index in [4.69, 9.17) is 4.74 Å². The molecule has 2 nitrogen and oxygen atoms in total. The zero-order valence-corrected chi connectivity index (χ0v) is 6.89. The Kier molecular flexibility index (Phi) is 1.51. The summed E-state index contributed by atoms with van der Waals surface area (Å²) >= 11 is 1.63. The van der Waals surface area contributed by atoms with E-state index >= 15 is 0 Å². The second-order valence-corrected chi connectivity index (χ2v) is 3.06. The second-order valence-electron chi connectivity index (χ2n) is 2.17. The molecule has 11 heavy (non-hydrogen) atoms. The van der Waals surface area contributed by atoms with Gasteiger partial charge < -0.3 is 4.74 Å². The maximum Gasteiger partial charge on any atom is 0.214 e. The molecule has 0 amide bonds. The molecule has 0 bridgehead atoms. The molecule has 0 aliphatic rings. The summed E-state index contributed by atoms with van der Waals surface area (Å²) in [6.45, 7) is 0. The summed E-state index contributed by atoms with van der Waals surface area (Å²) in [5.74, 6) is 0.681. The van der Waals surface area contributed by atoms with Crippen LogP contribution in [0.15, 0.2) is 23.6 Å². The third-order valence-electron chi connectivity index (χ3n) is 1.50. The second kappa shape index (κ2) is 2.51. The van der Waals surface area contributed by atoms with E-state index in [9.17, 15) is 0 Å². The van der Waals surface area contributed by atoms with Gasteiger partial charge >= 0.3 is 0 Å². The van der Waals surface area contributed by atoms with Crippen LogP contribution in [0.1, 0.15) is 0 Å². The zero-order valence-electron chi connectivity index (χ0n) is 6.07. The van der Waals surface area contributed by atoms with Gasteiger partial charge in [0.1, 0.15) is 4.83 Å². The molecule has 0 aliphatic heterocycles. The fourth-order valence-corrected chi connectivity index (χ4v) is 1.70. The monoisotopic (exact) mass is 165 g/mol. The van der Waals surface area contributed by atoms with Crippen LogP contribution in [0.2, 0.25) is 0 Å². The molecule has 0 fully saturated rings. The highest BCUT2D eigenvalue weighted by Crippen LogP contribution is 2.20. The van der Waals surface area contributed by atoms with Crippen molar-refractivity contribution in [2.45, 2.75) is 0 Å². The molecule has 2 aromatic rings. The van der Waals surface area contributed by atoms with E-state index in [-0.39, 0.29) is 0 Å². The number of thiophene rings is 1. The maximum absolute atomic E-state index is 4.99. The Morgan fingerprint density at radius 3 is 3.09 bits per heavy atom. The first kappa shape index (κ1) is 6.61. The molecule has 0 aromatic carbocycles. The summed E-state index contributed by atoms with van der Waals surface area (Å²) in [7, 11) is 1.63. The van der Waals surface area contributed by atoms with E-state index in [2.05, 4.69) is 4.98 Å². The van der Waals surface area contributed by atoms with Crippen molar-refractivity contribution in [3.05, 3.63) is 23.6 Å². The van der Waals surface area contributed by atoms with Crippen molar-refractivity contribution in [2.24, 2.45) is 0 Å². The Morgan fingerprint density at radius 2 is 2.27 bits per heavy atom. The Labute approximate surface area is 68.5 Å².